The molecule has 2 N–H and O–H groups in total. The number of nitrogens with one attached hydrogen (secondary N) is 2. The van der Waals surface area contributed by atoms with E-state index in [2.05, 4.69) is 15.6 Å². The Morgan fingerprint density at radius 3 is 2.39 bits per heavy atom. The number of aliphatic imine (C=N–C) groups is 1. The van der Waals surface area contributed by atoms with E-state index in [1.807, 2.05) is 61.9 Å². The summed E-state index contributed by atoms with van der Waals surface area (Å²) in [6.07, 6.45) is 2.91. The Bertz CT molecular complexity index is 727. The van der Waals surface area contributed by atoms with Crippen molar-refractivity contribution in [2.45, 2.75) is 46.1 Å². The summed E-state index contributed by atoms with van der Waals surface area (Å²) in [5.41, 5.74) is 1.14. The van der Waals surface area contributed by atoms with Crippen LogP contribution in [0.25, 0.3) is 0 Å². The van der Waals surface area contributed by atoms with E-state index >= 15 is 0 Å². The zero-order valence-electron chi connectivity index (χ0n) is 19.3. The predicted octanol–water partition coefficient (Wildman–Crippen LogP) is 1.65. The van der Waals surface area contributed by atoms with Crippen LogP contribution in [0.1, 0.15) is 39.2 Å². The van der Waals surface area contributed by atoms with Gasteiger partial charge >= 0.3 is 0 Å². The molecular formula is C23H37N5O3. The van der Waals surface area contributed by atoms with E-state index in [9.17, 15) is 9.59 Å². The maximum absolute atomic E-state index is 12.4. The number of amides is 2. The molecule has 2 amide bonds. The second-order valence-electron chi connectivity index (χ2n) is 7.68. The number of ether oxygens (including phenoxy) is 1. The van der Waals surface area contributed by atoms with Gasteiger partial charge in [0.1, 0.15) is 5.75 Å². The van der Waals surface area contributed by atoms with Crippen LogP contribution < -0.4 is 15.4 Å². The SMILES string of the molecule is CCNC(=NCCc1ccc(OCC(=O)NC2CC2)cc1)N(C)CC(=O)N(CC)CC. The van der Waals surface area contributed by atoms with E-state index in [4.69, 9.17) is 4.74 Å². The molecule has 2 rings (SSSR count). The molecule has 0 aliphatic heterocycles. The lowest BCUT2D eigenvalue weighted by molar-refractivity contribution is -0.131. The highest BCUT2D eigenvalue weighted by atomic mass is 16.5. The molecule has 1 aromatic carbocycles. The third-order valence-corrected chi connectivity index (χ3v) is 5.08. The van der Waals surface area contributed by atoms with Crippen molar-refractivity contribution in [1.29, 1.82) is 0 Å². The Labute approximate surface area is 186 Å². The lowest BCUT2D eigenvalue weighted by atomic mass is 10.1. The van der Waals surface area contributed by atoms with Gasteiger partial charge in [0.2, 0.25) is 5.91 Å². The third-order valence-electron chi connectivity index (χ3n) is 5.08. The molecule has 0 saturated heterocycles. The zero-order valence-corrected chi connectivity index (χ0v) is 19.3. The number of carbonyl (C=O) groups excluding carboxylic acids is 2. The molecule has 8 nitrogen and oxygen atoms in total. The fourth-order valence-electron chi connectivity index (χ4n) is 3.11. The summed E-state index contributed by atoms with van der Waals surface area (Å²) in [5, 5.41) is 6.16. The quantitative estimate of drug-likeness (QED) is 0.388. The highest BCUT2D eigenvalue weighted by molar-refractivity contribution is 5.86. The fraction of sp³-hybridized carbons (Fsp3) is 0.609. The molecule has 8 heteroatoms. The lowest BCUT2D eigenvalue weighted by Gasteiger charge is -2.25. The van der Waals surface area contributed by atoms with Crippen LogP contribution in [0.5, 0.6) is 5.75 Å². The van der Waals surface area contributed by atoms with Crippen LogP contribution in [0.2, 0.25) is 0 Å². The average molecular weight is 432 g/mol. The van der Waals surface area contributed by atoms with Gasteiger partial charge in [0.25, 0.3) is 5.91 Å². The van der Waals surface area contributed by atoms with E-state index in [1.165, 1.54) is 0 Å². The summed E-state index contributed by atoms with van der Waals surface area (Å²) in [4.78, 5) is 32.4. The largest absolute Gasteiger partial charge is 0.484 e. The summed E-state index contributed by atoms with van der Waals surface area (Å²) >= 11 is 0. The number of nitrogens with zero attached hydrogens (tertiary/aromatic N) is 3. The van der Waals surface area contributed by atoms with Gasteiger partial charge in [0, 0.05) is 39.3 Å². The number of carbonyl (C=O) groups is 2. The first-order valence-electron chi connectivity index (χ1n) is 11.2. The van der Waals surface area contributed by atoms with Crippen molar-refractivity contribution in [3.63, 3.8) is 0 Å². The first-order valence-corrected chi connectivity index (χ1v) is 11.2. The van der Waals surface area contributed by atoms with Gasteiger partial charge in [-0.05, 0) is 57.7 Å². The maximum Gasteiger partial charge on any atom is 0.258 e. The maximum atomic E-state index is 12.4. The van der Waals surface area contributed by atoms with Gasteiger partial charge < -0.3 is 25.2 Å². The minimum absolute atomic E-state index is 0.0464. The lowest BCUT2D eigenvalue weighted by Crippen LogP contribution is -2.45. The van der Waals surface area contributed by atoms with E-state index in [-0.39, 0.29) is 18.4 Å². The number of rotatable bonds is 12. The summed E-state index contributed by atoms with van der Waals surface area (Å²) < 4.78 is 5.54. The summed E-state index contributed by atoms with van der Waals surface area (Å²) in [6.45, 7) is 9.10. The Balaban J connectivity index is 1.81. The van der Waals surface area contributed by atoms with Gasteiger partial charge in [0.05, 0.1) is 6.54 Å². The van der Waals surface area contributed by atoms with Crippen molar-refractivity contribution in [2.75, 3.05) is 46.4 Å². The second-order valence-corrected chi connectivity index (χ2v) is 7.68. The molecule has 0 aromatic heterocycles. The standard InChI is InChI=1S/C23H37N5O3/c1-5-24-23(27(4)16-22(30)28(6-2)7-3)25-15-14-18-8-12-20(13-9-18)31-17-21(29)26-19-10-11-19/h8-9,12-13,19H,5-7,10-11,14-17H2,1-4H3,(H,24,25)(H,26,29). The van der Waals surface area contributed by atoms with Crippen molar-refractivity contribution in [2.24, 2.45) is 4.99 Å². The summed E-state index contributed by atoms with van der Waals surface area (Å²) in [5.74, 6) is 1.44. The monoisotopic (exact) mass is 431 g/mol. The van der Waals surface area contributed by atoms with Crippen LogP contribution in [-0.2, 0) is 16.0 Å². The summed E-state index contributed by atoms with van der Waals surface area (Å²) in [7, 11) is 1.88. The number of benzene rings is 1. The van der Waals surface area contributed by atoms with Crippen molar-refractivity contribution < 1.29 is 14.3 Å². The molecule has 31 heavy (non-hydrogen) atoms. The minimum atomic E-state index is -0.0690. The number of hydrogen-bond donors (Lipinski definition) is 2. The Hall–Kier alpha value is -2.77. The number of likely N-dealkylation sites (N-methyl/N-ethyl adjacent to an activating group) is 2. The van der Waals surface area contributed by atoms with E-state index in [1.54, 1.807) is 0 Å². The Morgan fingerprint density at radius 1 is 1.13 bits per heavy atom. The molecule has 172 valence electrons. The normalized spacial score (nSPS) is 13.5. The van der Waals surface area contributed by atoms with Crippen LogP contribution >= 0.6 is 0 Å². The molecule has 0 unspecified atom stereocenters. The van der Waals surface area contributed by atoms with Crippen molar-refractivity contribution in [3.05, 3.63) is 29.8 Å². The van der Waals surface area contributed by atoms with Gasteiger partial charge in [-0.2, -0.15) is 0 Å². The molecule has 0 heterocycles. The Kier molecular flexibility index (Phi) is 10.1. The van der Waals surface area contributed by atoms with Crippen LogP contribution in [0.15, 0.2) is 29.3 Å². The van der Waals surface area contributed by atoms with Crippen molar-refractivity contribution >= 4 is 17.8 Å². The molecule has 1 saturated carbocycles. The van der Waals surface area contributed by atoms with Crippen molar-refractivity contribution in [3.8, 4) is 5.75 Å². The number of hydrogen-bond acceptors (Lipinski definition) is 4. The van der Waals surface area contributed by atoms with Gasteiger partial charge in [-0.1, -0.05) is 12.1 Å². The molecular weight excluding hydrogens is 394 g/mol. The van der Waals surface area contributed by atoms with E-state index in [0.29, 0.717) is 38.0 Å². The summed E-state index contributed by atoms with van der Waals surface area (Å²) in [6, 6.07) is 8.09. The molecule has 0 radical (unpaired) electrons. The van der Waals surface area contributed by atoms with Crippen LogP contribution in [0.3, 0.4) is 0 Å². The zero-order chi connectivity index (χ0) is 22.6. The number of guanidine groups is 1. The van der Waals surface area contributed by atoms with Crippen LogP contribution in [0, 0.1) is 0 Å². The molecule has 1 fully saturated rings. The molecule has 0 atom stereocenters. The smallest absolute Gasteiger partial charge is 0.258 e. The minimum Gasteiger partial charge on any atom is -0.484 e. The highest BCUT2D eigenvalue weighted by Crippen LogP contribution is 2.18. The van der Waals surface area contributed by atoms with Gasteiger partial charge in [-0.25, -0.2) is 0 Å². The highest BCUT2D eigenvalue weighted by Gasteiger charge is 2.23. The van der Waals surface area contributed by atoms with Gasteiger partial charge in [-0.15, -0.1) is 0 Å². The second kappa shape index (κ2) is 12.8. The van der Waals surface area contributed by atoms with Gasteiger partial charge in [0.15, 0.2) is 12.6 Å². The van der Waals surface area contributed by atoms with Gasteiger partial charge in [-0.3, -0.25) is 14.6 Å². The molecule has 0 bridgehead atoms. The molecule has 1 aromatic rings. The van der Waals surface area contributed by atoms with Crippen LogP contribution in [0.4, 0.5) is 0 Å². The molecule has 1 aliphatic carbocycles. The average Bonchev–Trinajstić information content (AvgIpc) is 3.57. The molecule has 1 aliphatic rings. The van der Waals surface area contributed by atoms with Crippen molar-refractivity contribution in [1.82, 2.24) is 20.4 Å². The first kappa shape index (κ1) is 24.5. The van der Waals surface area contributed by atoms with E-state index < -0.39 is 0 Å². The predicted molar refractivity (Wildman–Crippen MR) is 123 cm³/mol. The fourth-order valence-corrected chi connectivity index (χ4v) is 3.11. The third kappa shape index (κ3) is 8.86. The first-order chi connectivity index (χ1) is 15.0. The molecule has 0 spiro atoms. The van der Waals surface area contributed by atoms with E-state index in [0.717, 1.165) is 37.3 Å². The topological polar surface area (TPSA) is 86.3 Å². The van der Waals surface area contributed by atoms with Crippen LogP contribution in [-0.4, -0.2) is 80.0 Å². The Morgan fingerprint density at radius 2 is 1.81 bits per heavy atom.